The van der Waals surface area contributed by atoms with Crippen molar-refractivity contribution >= 4 is 33.6 Å². The SMILES string of the molecule is O=C(CCBr)NCCN1CCSCC1. The summed E-state index contributed by atoms with van der Waals surface area (Å²) in [6.45, 7) is 4.11. The van der Waals surface area contributed by atoms with Crippen molar-refractivity contribution in [2.75, 3.05) is 43.0 Å². The Kier molecular flexibility index (Phi) is 6.64. The first-order valence-electron chi connectivity index (χ1n) is 4.95. The fourth-order valence-electron chi connectivity index (χ4n) is 1.35. The van der Waals surface area contributed by atoms with E-state index in [1.54, 1.807) is 0 Å². The third-order valence-corrected chi connectivity index (χ3v) is 3.51. The van der Waals surface area contributed by atoms with Gasteiger partial charge < -0.3 is 5.32 Å². The summed E-state index contributed by atoms with van der Waals surface area (Å²) in [5.41, 5.74) is 0. The fraction of sp³-hybridized carbons (Fsp3) is 0.889. The minimum atomic E-state index is 0.147. The molecule has 3 nitrogen and oxygen atoms in total. The average Bonchev–Trinajstić information content (AvgIpc) is 2.20. The summed E-state index contributed by atoms with van der Waals surface area (Å²) in [4.78, 5) is 13.5. The smallest absolute Gasteiger partial charge is 0.220 e. The molecule has 1 aliphatic heterocycles. The van der Waals surface area contributed by atoms with Gasteiger partial charge in [0.25, 0.3) is 0 Å². The highest BCUT2D eigenvalue weighted by Crippen LogP contribution is 2.07. The molecule has 0 unspecified atom stereocenters. The maximum Gasteiger partial charge on any atom is 0.220 e. The Bertz CT molecular complexity index is 174. The van der Waals surface area contributed by atoms with Crippen LogP contribution in [-0.2, 0) is 4.79 Å². The first kappa shape index (κ1) is 12.3. The lowest BCUT2D eigenvalue weighted by Gasteiger charge is -2.25. The lowest BCUT2D eigenvalue weighted by atomic mass is 10.4. The minimum absolute atomic E-state index is 0.147. The number of hydrogen-bond donors (Lipinski definition) is 1. The third kappa shape index (κ3) is 5.22. The molecule has 14 heavy (non-hydrogen) atoms. The molecule has 0 bridgehead atoms. The first-order chi connectivity index (χ1) is 6.83. The van der Waals surface area contributed by atoms with E-state index in [4.69, 9.17) is 0 Å². The molecule has 1 rings (SSSR count). The van der Waals surface area contributed by atoms with Gasteiger partial charge in [0.15, 0.2) is 0 Å². The van der Waals surface area contributed by atoms with Crippen LogP contribution in [0.15, 0.2) is 0 Å². The number of thioether (sulfide) groups is 1. The molecule has 1 aliphatic rings. The van der Waals surface area contributed by atoms with E-state index >= 15 is 0 Å². The quantitative estimate of drug-likeness (QED) is 0.761. The second kappa shape index (κ2) is 7.54. The second-order valence-electron chi connectivity index (χ2n) is 3.24. The van der Waals surface area contributed by atoms with E-state index in [9.17, 15) is 4.79 Å². The zero-order valence-corrected chi connectivity index (χ0v) is 10.7. The van der Waals surface area contributed by atoms with Crippen LogP contribution in [0.5, 0.6) is 0 Å². The monoisotopic (exact) mass is 280 g/mol. The van der Waals surface area contributed by atoms with Gasteiger partial charge in [-0.05, 0) is 0 Å². The van der Waals surface area contributed by atoms with Crippen molar-refractivity contribution in [1.82, 2.24) is 10.2 Å². The summed E-state index contributed by atoms with van der Waals surface area (Å²) in [5, 5.41) is 3.66. The number of halogens is 1. The van der Waals surface area contributed by atoms with Gasteiger partial charge in [-0.2, -0.15) is 11.8 Å². The summed E-state index contributed by atoms with van der Waals surface area (Å²) in [5.74, 6) is 2.61. The fourth-order valence-corrected chi connectivity index (χ4v) is 2.69. The van der Waals surface area contributed by atoms with Crippen LogP contribution in [-0.4, -0.2) is 53.8 Å². The Morgan fingerprint density at radius 2 is 2.14 bits per heavy atom. The van der Waals surface area contributed by atoms with Gasteiger partial charge >= 0.3 is 0 Å². The summed E-state index contributed by atoms with van der Waals surface area (Å²) < 4.78 is 0. The Hall–Kier alpha value is 0.260. The molecular formula is C9H17BrN2OS. The van der Waals surface area contributed by atoms with Crippen LogP contribution in [0.25, 0.3) is 0 Å². The van der Waals surface area contributed by atoms with Gasteiger partial charge in [0.2, 0.25) is 5.91 Å². The molecule has 1 fully saturated rings. The molecule has 1 amide bonds. The highest BCUT2D eigenvalue weighted by Gasteiger charge is 2.09. The molecule has 0 radical (unpaired) electrons. The maximum atomic E-state index is 11.1. The van der Waals surface area contributed by atoms with Crippen molar-refractivity contribution < 1.29 is 4.79 Å². The van der Waals surface area contributed by atoms with E-state index in [1.165, 1.54) is 24.6 Å². The molecular weight excluding hydrogens is 264 g/mol. The molecule has 0 aromatic carbocycles. The van der Waals surface area contributed by atoms with Crippen molar-refractivity contribution in [2.45, 2.75) is 6.42 Å². The Labute approximate surface area is 98.1 Å². The first-order valence-corrected chi connectivity index (χ1v) is 7.23. The van der Waals surface area contributed by atoms with Gasteiger partial charge in [0.1, 0.15) is 0 Å². The zero-order valence-electron chi connectivity index (χ0n) is 8.30. The third-order valence-electron chi connectivity index (χ3n) is 2.18. The van der Waals surface area contributed by atoms with Crippen LogP contribution in [0, 0.1) is 0 Å². The largest absolute Gasteiger partial charge is 0.355 e. The molecule has 5 heteroatoms. The molecule has 0 aromatic heterocycles. The van der Waals surface area contributed by atoms with Crippen molar-refractivity contribution in [3.63, 3.8) is 0 Å². The molecule has 0 spiro atoms. The van der Waals surface area contributed by atoms with Gasteiger partial charge in [-0.3, -0.25) is 9.69 Å². The van der Waals surface area contributed by atoms with Crippen LogP contribution in [0.3, 0.4) is 0 Å². The highest BCUT2D eigenvalue weighted by atomic mass is 79.9. The average molecular weight is 281 g/mol. The van der Waals surface area contributed by atoms with Crippen molar-refractivity contribution in [3.05, 3.63) is 0 Å². The number of nitrogens with one attached hydrogen (secondary N) is 1. The number of rotatable bonds is 5. The van der Waals surface area contributed by atoms with Crippen LogP contribution >= 0.6 is 27.7 Å². The Balaban J connectivity index is 1.99. The molecule has 1 saturated heterocycles. The molecule has 0 saturated carbocycles. The van der Waals surface area contributed by atoms with E-state index < -0.39 is 0 Å². The number of amides is 1. The van der Waals surface area contributed by atoms with E-state index in [-0.39, 0.29) is 5.91 Å². The van der Waals surface area contributed by atoms with Crippen molar-refractivity contribution in [2.24, 2.45) is 0 Å². The van der Waals surface area contributed by atoms with Crippen molar-refractivity contribution in [3.8, 4) is 0 Å². The van der Waals surface area contributed by atoms with Gasteiger partial charge in [0.05, 0.1) is 0 Å². The summed E-state index contributed by atoms with van der Waals surface area (Å²) in [7, 11) is 0. The molecule has 1 heterocycles. The predicted molar refractivity (Wildman–Crippen MR) is 65.2 cm³/mol. The second-order valence-corrected chi connectivity index (χ2v) is 5.26. The molecule has 1 N–H and O–H groups in total. The number of hydrogen-bond acceptors (Lipinski definition) is 3. The van der Waals surface area contributed by atoms with E-state index in [0.29, 0.717) is 6.42 Å². The standard InChI is InChI=1S/C9H17BrN2OS/c10-2-1-9(13)11-3-4-12-5-7-14-8-6-12/h1-8H2,(H,11,13). The normalized spacial score (nSPS) is 18.1. The van der Waals surface area contributed by atoms with E-state index in [0.717, 1.165) is 18.4 Å². The number of carbonyl (C=O) groups is 1. The molecule has 0 atom stereocenters. The van der Waals surface area contributed by atoms with E-state index in [1.807, 2.05) is 11.8 Å². The van der Waals surface area contributed by atoms with Gasteiger partial charge in [-0.15, -0.1) is 0 Å². The van der Waals surface area contributed by atoms with Gasteiger partial charge in [0, 0.05) is 49.4 Å². The lowest BCUT2D eigenvalue weighted by molar-refractivity contribution is -0.120. The van der Waals surface area contributed by atoms with E-state index in [2.05, 4.69) is 26.1 Å². The van der Waals surface area contributed by atoms with Crippen LogP contribution in [0.1, 0.15) is 6.42 Å². The maximum absolute atomic E-state index is 11.1. The van der Waals surface area contributed by atoms with Gasteiger partial charge in [-0.25, -0.2) is 0 Å². The number of nitrogens with zero attached hydrogens (tertiary/aromatic N) is 1. The zero-order chi connectivity index (χ0) is 10.2. The molecule has 0 aromatic rings. The molecule has 0 aliphatic carbocycles. The Morgan fingerprint density at radius 3 is 2.79 bits per heavy atom. The highest BCUT2D eigenvalue weighted by molar-refractivity contribution is 9.09. The number of alkyl halides is 1. The number of carbonyl (C=O) groups excluding carboxylic acids is 1. The van der Waals surface area contributed by atoms with Gasteiger partial charge in [-0.1, -0.05) is 15.9 Å². The van der Waals surface area contributed by atoms with Crippen LogP contribution in [0.2, 0.25) is 0 Å². The Morgan fingerprint density at radius 1 is 1.43 bits per heavy atom. The summed E-state index contributed by atoms with van der Waals surface area (Å²) in [6.07, 6.45) is 0.579. The van der Waals surface area contributed by atoms with Crippen LogP contribution in [0.4, 0.5) is 0 Å². The summed E-state index contributed by atoms with van der Waals surface area (Å²) >= 11 is 5.26. The van der Waals surface area contributed by atoms with Crippen molar-refractivity contribution in [1.29, 1.82) is 0 Å². The molecule has 82 valence electrons. The minimum Gasteiger partial charge on any atom is -0.355 e. The topological polar surface area (TPSA) is 32.3 Å². The van der Waals surface area contributed by atoms with Crippen LogP contribution < -0.4 is 5.32 Å². The lowest BCUT2D eigenvalue weighted by Crippen LogP contribution is -2.39. The predicted octanol–water partition coefficient (Wildman–Crippen LogP) is 0.936. The summed E-state index contributed by atoms with van der Waals surface area (Å²) in [6, 6.07) is 0.